The van der Waals surface area contributed by atoms with Crippen LogP contribution in [0.5, 0.6) is 0 Å². The Hall–Kier alpha value is 0.390. The van der Waals surface area contributed by atoms with Crippen LogP contribution < -0.4 is 0 Å². The Morgan fingerprint density at radius 1 is 0.952 bits per heavy atom. The molecule has 0 saturated heterocycles. The third kappa shape index (κ3) is 9.90. The summed E-state index contributed by atoms with van der Waals surface area (Å²) in [7, 11) is -3.57. The van der Waals surface area contributed by atoms with Crippen molar-refractivity contribution in [3.8, 4) is 0 Å². The van der Waals surface area contributed by atoms with Gasteiger partial charge in [0.05, 0.1) is 11.5 Å². The quantitative estimate of drug-likeness (QED) is 0.368. The molecule has 1 aromatic rings. The molecule has 2 radical (unpaired) electrons. The van der Waals surface area contributed by atoms with Gasteiger partial charge < -0.3 is 0 Å². The van der Waals surface area contributed by atoms with Crippen molar-refractivity contribution >= 4 is 47.9 Å². The summed E-state index contributed by atoms with van der Waals surface area (Å²) >= 11 is 0. The van der Waals surface area contributed by atoms with Crippen molar-refractivity contribution in [3.05, 3.63) is 30.3 Å². The van der Waals surface area contributed by atoms with Crippen molar-refractivity contribution in [2.75, 3.05) is 6.61 Å². The summed E-state index contributed by atoms with van der Waals surface area (Å²) in [5, 5.41) is 0. The molecule has 0 bridgehead atoms. The van der Waals surface area contributed by atoms with Gasteiger partial charge in [-0.3, -0.25) is 4.18 Å². The molecule has 0 unspecified atom stereocenters. The molecule has 0 amide bonds. The zero-order chi connectivity index (χ0) is 14.8. The maximum absolute atomic E-state index is 11.8. The zero-order valence-corrected chi connectivity index (χ0v) is 16.3. The SMILES string of the molecule is CC(C)CCCCCCCOS(=O)(=O)c1ccccc1.[Ca]. The van der Waals surface area contributed by atoms with Crippen LogP contribution in [0.1, 0.15) is 52.4 Å². The Labute approximate surface area is 159 Å². The molecule has 1 aromatic carbocycles. The fourth-order valence-electron chi connectivity index (χ4n) is 2.01. The summed E-state index contributed by atoms with van der Waals surface area (Å²) in [4.78, 5) is 0.233. The minimum Gasteiger partial charge on any atom is -0.266 e. The summed E-state index contributed by atoms with van der Waals surface area (Å²) < 4.78 is 28.7. The molecule has 0 heterocycles. The van der Waals surface area contributed by atoms with Gasteiger partial charge in [-0.15, -0.1) is 0 Å². The normalized spacial score (nSPS) is 11.4. The average Bonchev–Trinajstić information content (AvgIpc) is 2.42. The summed E-state index contributed by atoms with van der Waals surface area (Å²) in [5.41, 5.74) is 0. The van der Waals surface area contributed by atoms with E-state index in [2.05, 4.69) is 13.8 Å². The van der Waals surface area contributed by atoms with Crippen molar-refractivity contribution in [2.24, 2.45) is 5.92 Å². The van der Waals surface area contributed by atoms with Gasteiger partial charge in [0, 0.05) is 37.7 Å². The van der Waals surface area contributed by atoms with Crippen LogP contribution in [0.2, 0.25) is 0 Å². The fraction of sp³-hybridized carbons (Fsp3) is 0.625. The van der Waals surface area contributed by atoms with Gasteiger partial charge in [-0.05, 0) is 24.5 Å². The van der Waals surface area contributed by atoms with Gasteiger partial charge in [0.2, 0.25) is 0 Å². The summed E-state index contributed by atoms with van der Waals surface area (Å²) in [6.07, 6.45) is 6.75. The molecule has 21 heavy (non-hydrogen) atoms. The molecular weight excluding hydrogens is 312 g/mol. The smallest absolute Gasteiger partial charge is 0.266 e. The van der Waals surface area contributed by atoms with Crippen molar-refractivity contribution in [2.45, 2.75) is 57.3 Å². The van der Waals surface area contributed by atoms with E-state index in [0.717, 1.165) is 25.2 Å². The van der Waals surface area contributed by atoms with E-state index in [1.54, 1.807) is 30.3 Å². The predicted octanol–water partition coefficient (Wildman–Crippen LogP) is 4.01. The molecule has 5 heteroatoms. The molecule has 116 valence electrons. The van der Waals surface area contributed by atoms with E-state index in [1.165, 1.54) is 19.3 Å². The van der Waals surface area contributed by atoms with Crippen LogP contribution in [-0.4, -0.2) is 52.8 Å². The van der Waals surface area contributed by atoms with Crippen LogP contribution in [0.25, 0.3) is 0 Å². The molecule has 0 N–H and O–H groups in total. The van der Waals surface area contributed by atoms with Crippen molar-refractivity contribution in [3.63, 3.8) is 0 Å². The molecule has 0 aliphatic heterocycles. The monoisotopic (exact) mass is 338 g/mol. The molecule has 3 nitrogen and oxygen atoms in total. The second-order valence-corrected chi connectivity index (χ2v) is 7.15. The second-order valence-electron chi connectivity index (χ2n) is 5.54. The predicted molar refractivity (Wildman–Crippen MR) is 87.9 cm³/mol. The zero-order valence-electron chi connectivity index (χ0n) is 13.3. The van der Waals surface area contributed by atoms with Crippen molar-refractivity contribution in [1.29, 1.82) is 0 Å². The summed E-state index contributed by atoms with van der Waals surface area (Å²) in [6, 6.07) is 8.30. The molecule has 0 aromatic heterocycles. The number of benzene rings is 1. The first-order valence-electron chi connectivity index (χ1n) is 7.47. The molecule has 1 rings (SSSR count). The maximum atomic E-state index is 11.8. The maximum Gasteiger partial charge on any atom is 0.296 e. The van der Waals surface area contributed by atoms with E-state index in [0.29, 0.717) is 0 Å². The molecule has 0 spiro atoms. The van der Waals surface area contributed by atoms with E-state index in [4.69, 9.17) is 4.18 Å². The van der Waals surface area contributed by atoms with Crippen molar-refractivity contribution in [1.82, 2.24) is 0 Å². The Kier molecular flexibility index (Phi) is 12.1. The molecule has 0 aliphatic rings. The first-order chi connectivity index (χ1) is 9.52. The van der Waals surface area contributed by atoms with Gasteiger partial charge in [0.1, 0.15) is 0 Å². The van der Waals surface area contributed by atoms with Gasteiger partial charge >= 0.3 is 0 Å². The second kappa shape index (κ2) is 11.9. The van der Waals surface area contributed by atoms with Crippen molar-refractivity contribution < 1.29 is 12.6 Å². The molecular formula is C16H26CaO3S. The standard InChI is InChI=1S/C16H26O3S.Ca/c1-15(2)11-7-4-3-5-10-14-19-20(17,18)16-12-8-6-9-13-16;/h6,8-9,12-13,15H,3-5,7,10-11,14H2,1-2H3;. The average molecular weight is 339 g/mol. The van der Waals surface area contributed by atoms with Gasteiger partial charge in [-0.25, -0.2) is 0 Å². The van der Waals surface area contributed by atoms with Crippen LogP contribution >= 0.6 is 0 Å². The van der Waals surface area contributed by atoms with Gasteiger partial charge in [-0.1, -0.05) is 64.2 Å². The molecule has 0 fully saturated rings. The molecule has 0 saturated carbocycles. The van der Waals surface area contributed by atoms with E-state index in [1.807, 2.05) is 0 Å². The van der Waals surface area contributed by atoms with E-state index < -0.39 is 10.1 Å². The topological polar surface area (TPSA) is 43.4 Å². The minimum absolute atomic E-state index is 0. The summed E-state index contributed by atoms with van der Waals surface area (Å²) in [5.74, 6) is 0.773. The Bertz CT molecular complexity index is 458. The molecule has 0 atom stereocenters. The Morgan fingerprint density at radius 3 is 2.14 bits per heavy atom. The van der Waals surface area contributed by atoms with E-state index in [9.17, 15) is 8.42 Å². The number of hydrogen-bond donors (Lipinski definition) is 0. The first-order valence-corrected chi connectivity index (χ1v) is 8.87. The largest absolute Gasteiger partial charge is 0.296 e. The third-order valence-electron chi connectivity index (χ3n) is 3.20. The van der Waals surface area contributed by atoms with Crippen LogP contribution in [0.3, 0.4) is 0 Å². The van der Waals surface area contributed by atoms with Crippen LogP contribution in [0.4, 0.5) is 0 Å². The first kappa shape index (κ1) is 21.4. The Balaban J connectivity index is 0.00000400. The summed E-state index contributed by atoms with van der Waals surface area (Å²) in [6.45, 7) is 4.76. The van der Waals surface area contributed by atoms with Crippen LogP contribution in [0.15, 0.2) is 35.2 Å². The van der Waals surface area contributed by atoms with Gasteiger partial charge in [0.15, 0.2) is 0 Å². The van der Waals surface area contributed by atoms with Gasteiger partial charge in [0.25, 0.3) is 10.1 Å². The van der Waals surface area contributed by atoms with Crippen LogP contribution in [-0.2, 0) is 14.3 Å². The Morgan fingerprint density at radius 2 is 1.52 bits per heavy atom. The minimum atomic E-state index is -3.57. The van der Waals surface area contributed by atoms with Crippen LogP contribution in [0, 0.1) is 5.92 Å². The van der Waals surface area contributed by atoms with E-state index >= 15 is 0 Å². The fourth-order valence-corrected chi connectivity index (χ4v) is 2.97. The third-order valence-corrected chi connectivity index (χ3v) is 4.52. The van der Waals surface area contributed by atoms with Gasteiger partial charge in [-0.2, -0.15) is 8.42 Å². The van der Waals surface area contributed by atoms with E-state index in [-0.39, 0.29) is 49.2 Å². The number of rotatable bonds is 10. The molecule has 0 aliphatic carbocycles. The number of unbranched alkanes of at least 4 members (excludes halogenated alkanes) is 4. The number of hydrogen-bond acceptors (Lipinski definition) is 3.